The predicted octanol–water partition coefficient (Wildman–Crippen LogP) is 4.74. The van der Waals surface area contributed by atoms with E-state index in [1.807, 2.05) is 37.3 Å². The predicted molar refractivity (Wildman–Crippen MR) is 141 cm³/mol. The van der Waals surface area contributed by atoms with Gasteiger partial charge in [-0.2, -0.15) is 0 Å². The van der Waals surface area contributed by atoms with Crippen molar-refractivity contribution in [3.8, 4) is 0 Å². The van der Waals surface area contributed by atoms with Crippen molar-refractivity contribution in [1.82, 2.24) is 9.97 Å². The molecule has 0 saturated heterocycles. The van der Waals surface area contributed by atoms with Gasteiger partial charge in [0.05, 0.1) is 5.52 Å². The summed E-state index contributed by atoms with van der Waals surface area (Å²) in [6.45, 7) is 1.87. The van der Waals surface area contributed by atoms with Gasteiger partial charge in [0, 0.05) is 41.4 Å². The maximum atomic E-state index is 12.8. The number of pyridine rings is 2. The van der Waals surface area contributed by atoms with Gasteiger partial charge >= 0.3 is 0 Å². The largest absolute Gasteiger partial charge is 0.398 e. The summed E-state index contributed by atoms with van der Waals surface area (Å²) in [7, 11) is 1.69. The molecule has 2 heterocycles. The average Bonchev–Trinajstić information content (AvgIpc) is 2.85. The van der Waals surface area contributed by atoms with Crippen LogP contribution in [-0.4, -0.2) is 35.0 Å². The first-order chi connectivity index (χ1) is 16.9. The van der Waals surface area contributed by atoms with Crippen LogP contribution < -0.4 is 16.4 Å². The van der Waals surface area contributed by atoms with Crippen molar-refractivity contribution in [3.05, 3.63) is 95.5 Å². The zero-order valence-electron chi connectivity index (χ0n) is 19.3. The molecular weight excluding hydrogens is 440 g/mol. The highest BCUT2D eigenvalue weighted by Crippen LogP contribution is 2.24. The number of nitrogens with one attached hydrogen (secondary N) is 2. The third-order valence-corrected chi connectivity index (χ3v) is 5.11. The molecule has 2 aromatic carbocycles. The molecule has 35 heavy (non-hydrogen) atoms. The van der Waals surface area contributed by atoms with Gasteiger partial charge in [-0.3, -0.25) is 19.6 Å². The number of benzene rings is 2. The zero-order chi connectivity index (χ0) is 24.8. The summed E-state index contributed by atoms with van der Waals surface area (Å²) < 4.78 is 0. The van der Waals surface area contributed by atoms with E-state index in [9.17, 15) is 9.59 Å². The van der Waals surface area contributed by atoms with Crippen molar-refractivity contribution in [3.63, 3.8) is 0 Å². The molecule has 8 heteroatoms. The molecule has 0 bridgehead atoms. The van der Waals surface area contributed by atoms with Crippen LogP contribution in [0.15, 0.2) is 77.8 Å². The molecule has 0 radical (unpaired) electrons. The number of hydrogen-bond acceptors (Lipinski definition) is 6. The van der Waals surface area contributed by atoms with E-state index in [1.165, 1.54) is 0 Å². The Balaban J connectivity index is 1.49. The van der Waals surface area contributed by atoms with E-state index in [0.717, 1.165) is 22.2 Å². The summed E-state index contributed by atoms with van der Waals surface area (Å²) >= 11 is 0. The number of aromatic nitrogens is 2. The molecule has 0 saturated carbocycles. The number of carbonyl (C=O) groups excluding carboxylic acids is 2. The lowest BCUT2D eigenvalue weighted by Gasteiger charge is -2.09. The minimum Gasteiger partial charge on any atom is -0.398 e. The van der Waals surface area contributed by atoms with Crippen molar-refractivity contribution in [1.29, 1.82) is 0 Å². The normalized spacial score (nSPS) is 11.3. The average molecular weight is 465 g/mol. The molecule has 0 atom stereocenters. The minimum absolute atomic E-state index is 0.114. The highest BCUT2D eigenvalue weighted by molar-refractivity contribution is 6.07. The monoisotopic (exact) mass is 464 g/mol. The maximum Gasteiger partial charge on any atom is 0.274 e. The highest BCUT2D eigenvalue weighted by atomic mass is 16.2. The van der Waals surface area contributed by atoms with Gasteiger partial charge < -0.3 is 16.4 Å². The van der Waals surface area contributed by atoms with Crippen molar-refractivity contribution in [2.75, 3.05) is 23.4 Å². The second kappa shape index (κ2) is 10.4. The number of nitrogens with zero attached hydrogens (tertiary/aromatic N) is 3. The van der Waals surface area contributed by atoms with Crippen molar-refractivity contribution >= 4 is 52.1 Å². The Labute approximate surface area is 202 Å². The van der Waals surface area contributed by atoms with E-state index in [1.54, 1.807) is 61.8 Å². The van der Waals surface area contributed by atoms with E-state index in [2.05, 4.69) is 25.6 Å². The molecule has 0 spiro atoms. The number of fused-ring (bicyclic) bond motifs is 1. The number of nitrogen functional groups attached to an aromatic ring is 1. The maximum absolute atomic E-state index is 12.8. The van der Waals surface area contributed by atoms with Gasteiger partial charge in [-0.15, -0.1) is 0 Å². The minimum atomic E-state index is -0.442. The lowest BCUT2D eigenvalue weighted by atomic mass is 10.1. The molecule has 8 nitrogen and oxygen atoms in total. The second-order valence-corrected chi connectivity index (χ2v) is 7.79. The Bertz CT molecular complexity index is 1480. The van der Waals surface area contributed by atoms with Crippen LogP contribution in [-0.2, 0) is 0 Å². The van der Waals surface area contributed by atoms with Gasteiger partial charge in [0.2, 0.25) is 0 Å². The molecule has 4 N–H and O–H groups in total. The molecule has 2 amide bonds. The lowest BCUT2D eigenvalue weighted by Crippen LogP contribution is -2.18. The zero-order valence-corrected chi connectivity index (χ0v) is 19.3. The van der Waals surface area contributed by atoms with Gasteiger partial charge in [0.1, 0.15) is 11.4 Å². The topological polar surface area (TPSA) is 122 Å². The number of hydrogen-bond donors (Lipinski definition) is 3. The standard InChI is InChI=1S/C27H24N6O2/c1-17-14-22(28)21-16-20(11-12-23(21)30-17)32-27(35)25-10-4-9-24(33-25)26(34)31-19-8-3-6-18(15-19)7-5-13-29-2/h3-16H,1-2H3,(H2,28,30)(H,31,34)(H,32,35)/b7-5-,29-13?. The molecule has 0 aliphatic carbocycles. The van der Waals surface area contributed by atoms with Crippen LogP contribution in [0.3, 0.4) is 0 Å². The third kappa shape index (κ3) is 5.75. The van der Waals surface area contributed by atoms with E-state index in [-0.39, 0.29) is 11.4 Å². The molecule has 174 valence electrons. The Kier molecular flexibility index (Phi) is 6.92. The third-order valence-electron chi connectivity index (χ3n) is 5.11. The summed E-state index contributed by atoms with van der Waals surface area (Å²) in [5.41, 5.74) is 10.6. The van der Waals surface area contributed by atoms with Gasteiger partial charge in [-0.1, -0.05) is 24.3 Å². The number of aryl methyl sites for hydroxylation is 1. The molecule has 4 rings (SSSR count). The first-order valence-corrected chi connectivity index (χ1v) is 10.9. The number of rotatable bonds is 6. The van der Waals surface area contributed by atoms with Crippen LogP contribution in [0.2, 0.25) is 0 Å². The molecular formula is C27H24N6O2. The fourth-order valence-corrected chi connectivity index (χ4v) is 3.51. The van der Waals surface area contributed by atoms with Crippen LogP contribution in [0, 0.1) is 6.92 Å². The van der Waals surface area contributed by atoms with Crippen LogP contribution in [0.1, 0.15) is 32.2 Å². The van der Waals surface area contributed by atoms with Gasteiger partial charge in [-0.25, -0.2) is 4.98 Å². The van der Waals surface area contributed by atoms with Crippen LogP contribution in [0.5, 0.6) is 0 Å². The smallest absolute Gasteiger partial charge is 0.274 e. The Hall–Kier alpha value is -4.85. The Morgan fingerprint density at radius 3 is 2.29 bits per heavy atom. The molecule has 0 unspecified atom stereocenters. The van der Waals surface area contributed by atoms with Crippen molar-refractivity contribution < 1.29 is 9.59 Å². The molecule has 0 aliphatic rings. The van der Waals surface area contributed by atoms with Crippen LogP contribution in [0.4, 0.5) is 17.1 Å². The Morgan fingerprint density at radius 2 is 1.57 bits per heavy atom. The lowest BCUT2D eigenvalue weighted by molar-refractivity contribution is 0.101. The molecule has 4 aromatic rings. The summed E-state index contributed by atoms with van der Waals surface area (Å²) in [6.07, 6.45) is 5.37. The van der Waals surface area contributed by atoms with E-state index < -0.39 is 11.8 Å². The van der Waals surface area contributed by atoms with Crippen molar-refractivity contribution in [2.24, 2.45) is 4.99 Å². The fraction of sp³-hybridized carbons (Fsp3) is 0.0741. The SMILES string of the molecule is CN=C/C=C\c1cccc(NC(=O)c2cccc(C(=O)Nc3ccc4nc(C)cc(N)c4c3)n2)c1. The molecule has 0 aliphatic heterocycles. The van der Waals surface area contributed by atoms with E-state index in [4.69, 9.17) is 5.73 Å². The Morgan fingerprint density at radius 1 is 0.886 bits per heavy atom. The second-order valence-electron chi connectivity index (χ2n) is 7.79. The van der Waals surface area contributed by atoms with Gasteiger partial charge in [0.25, 0.3) is 11.8 Å². The van der Waals surface area contributed by atoms with E-state index in [0.29, 0.717) is 17.1 Å². The van der Waals surface area contributed by atoms with Gasteiger partial charge in [-0.05, 0) is 67.1 Å². The number of amides is 2. The summed E-state index contributed by atoms with van der Waals surface area (Å²) in [6, 6.07) is 19.2. The first-order valence-electron chi connectivity index (χ1n) is 10.9. The fourth-order valence-electron chi connectivity index (χ4n) is 3.51. The van der Waals surface area contributed by atoms with Crippen molar-refractivity contribution in [2.45, 2.75) is 6.92 Å². The summed E-state index contributed by atoms with van der Waals surface area (Å²) in [4.78, 5) is 38.2. The summed E-state index contributed by atoms with van der Waals surface area (Å²) in [5, 5.41) is 6.36. The van der Waals surface area contributed by atoms with E-state index >= 15 is 0 Å². The first kappa shape index (κ1) is 23.3. The number of aliphatic imine (C=N–C) groups is 1. The number of carbonyl (C=O) groups is 2. The summed E-state index contributed by atoms with van der Waals surface area (Å²) in [5.74, 6) is -0.863. The highest BCUT2D eigenvalue weighted by Gasteiger charge is 2.14. The van der Waals surface area contributed by atoms with Crippen LogP contribution in [0.25, 0.3) is 17.0 Å². The van der Waals surface area contributed by atoms with Gasteiger partial charge in [0.15, 0.2) is 0 Å². The van der Waals surface area contributed by atoms with Crippen LogP contribution >= 0.6 is 0 Å². The number of nitrogens with two attached hydrogens (primary N) is 1. The molecule has 0 fully saturated rings. The molecule has 2 aromatic heterocycles. The number of anilines is 3. The quantitative estimate of drug-likeness (QED) is 0.356. The number of allylic oxidation sites excluding steroid dienone is 1.